The highest BCUT2D eigenvalue weighted by atomic mass is 16.5. The Labute approximate surface area is 99.7 Å². The molecule has 2 aromatic rings. The lowest BCUT2D eigenvalue weighted by Crippen LogP contribution is -1.99. The Kier molecular flexibility index (Phi) is 3.39. The molecule has 0 fully saturated rings. The van der Waals surface area contributed by atoms with Gasteiger partial charge in [0.05, 0.1) is 19.0 Å². The van der Waals surface area contributed by atoms with Gasteiger partial charge in [-0.05, 0) is 19.9 Å². The van der Waals surface area contributed by atoms with Gasteiger partial charge in [0.25, 0.3) is 0 Å². The Morgan fingerprint density at radius 3 is 2.88 bits per heavy atom. The lowest BCUT2D eigenvalue weighted by atomic mass is 10.3. The van der Waals surface area contributed by atoms with Gasteiger partial charge in [-0.25, -0.2) is 0 Å². The highest BCUT2D eigenvalue weighted by Gasteiger charge is 2.07. The zero-order valence-electron chi connectivity index (χ0n) is 9.87. The molecule has 1 N–H and O–H groups in total. The van der Waals surface area contributed by atoms with Crippen molar-refractivity contribution < 1.29 is 9.84 Å². The fraction of sp³-hybridized carbons (Fsp3) is 0.333. The molecule has 0 aromatic carbocycles. The maximum absolute atomic E-state index is 9.15. The van der Waals surface area contributed by atoms with Crippen LogP contribution in [0.15, 0.2) is 30.9 Å². The Bertz CT molecular complexity index is 494. The number of ether oxygens (including phenoxy) is 1. The van der Waals surface area contributed by atoms with Gasteiger partial charge in [0.15, 0.2) is 5.75 Å². The topological polar surface area (TPSA) is 60.2 Å². The largest absolute Gasteiger partial charge is 0.454 e. The lowest BCUT2D eigenvalue weighted by molar-refractivity contribution is 0.276. The summed E-state index contributed by atoms with van der Waals surface area (Å²) in [6.45, 7) is 3.99. The van der Waals surface area contributed by atoms with Gasteiger partial charge < -0.3 is 9.84 Å². The van der Waals surface area contributed by atoms with Crippen molar-refractivity contribution >= 4 is 0 Å². The molecule has 17 heavy (non-hydrogen) atoms. The number of aromatic nitrogens is 3. The normalized spacial score (nSPS) is 10.8. The average molecular weight is 233 g/mol. The molecule has 5 nitrogen and oxygen atoms in total. The minimum Gasteiger partial charge on any atom is -0.454 e. The van der Waals surface area contributed by atoms with Crippen molar-refractivity contribution in [3.05, 3.63) is 36.4 Å². The summed E-state index contributed by atoms with van der Waals surface area (Å²) in [4.78, 5) is 3.93. The summed E-state index contributed by atoms with van der Waals surface area (Å²) in [6, 6.07) is 2.01. The summed E-state index contributed by atoms with van der Waals surface area (Å²) in [6.07, 6.45) is 6.69. The summed E-state index contributed by atoms with van der Waals surface area (Å²) >= 11 is 0. The molecule has 5 heteroatoms. The third kappa shape index (κ3) is 2.62. The molecule has 2 aromatic heterocycles. The smallest absolute Gasteiger partial charge is 0.165 e. The van der Waals surface area contributed by atoms with E-state index in [0.717, 1.165) is 0 Å². The molecule has 2 heterocycles. The maximum atomic E-state index is 9.15. The van der Waals surface area contributed by atoms with Gasteiger partial charge in [0, 0.05) is 24.0 Å². The Hall–Kier alpha value is -1.88. The quantitative estimate of drug-likeness (QED) is 0.878. The van der Waals surface area contributed by atoms with Crippen LogP contribution in [0.4, 0.5) is 0 Å². The second kappa shape index (κ2) is 4.97. The summed E-state index contributed by atoms with van der Waals surface area (Å²) < 4.78 is 7.46. The molecule has 0 aliphatic rings. The Balaban J connectivity index is 2.19. The van der Waals surface area contributed by atoms with E-state index >= 15 is 0 Å². The number of hydrogen-bond donors (Lipinski definition) is 1. The van der Waals surface area contributed by atoms with E-state index < -0.39 is 0 Å². The van der Waals surface area contributed by atoms with Gasteiger partial charge in [-0.3, -0.25) is 9.67 Å². The maximum Gasteiger partial charge on any atom is 0.165 e. The van der Waals surface area contributed by atoms with E-state index in [0.29, 0.717) is 23.1 Å². The number of nitrogens with zero attached hydrogens (tertiary/aromatic N) is 3. The molecule has 0 aliphatic heterocycles. The van der Waals surface area contributed by atoms with E-state index in [1.54, 1.807) is 24.7 Å². The van der Waals surface area contributed by atoms with Crippen molar-refractivity contribution in [3.8, 4) is 11.5 Å². The van der Waals surface area contributed by atoms with Crippen molar-refractivity contribution in [2.45, 2.75) is 26.5 Å². The van der Waals surface area contributed by atoms with Crippen LogP contribution in [0.5, 0.6) is 11.5 Å². The first-order chi connectivity index (χ1) is 8.20. The minimum atomic E-state index is -0.0957. The van der Waals surface area contributed by atoms with Gasteiger partial charge in [-0.1, -0.05) is 0 Å². The van der Waals surface area contributed by atoms with Crippen molar-refractivity contribution in [1.29, 1.82) is 0 Å². The van der Waals surface area contributed by atoms with Gasteiger partial charge in [0.1, 0.15) is 5.75 Å². The second-order valence-corrected chi connectivity index (χ2v) is 3.99. The van der Waals surface area contributed by atoms with Gasteiger partial charge in [-0.2, -0.15) is 5.10 Å². The number of pyridine rings is 1. The van der Waals surface area contributed by atoms with Crippen molar-refractivity contribution in [1.82, 2.24) is 14.8 Å². The van der Waals surface area contributed by atoms with Crippen molar-refractivity contribution in [2.75, 3.05) is 0 Å². The molecule has 0 saturated heterocycles. The van der Waals surface area contributed by atoms with E-state index in [1.807, 2.05) is 24.7 Å². The predicted octanol–water partition coefficient (Wildman–Crippen LogP) is 2.14. The SMILES string of the molecule is CC(C)n1cc(Oc2ccncc2CO)cn1. The molecule has 0 bridgehead atoms. The fourth-order valence-electron chi connectivity index (χ4n) is 1.42. The van der Waals surface area contributed by atoms with E-state index in [4.69, 9.17) is 9.84 Å². The molecule has 0 spiro atoms. The molecular formula is C12H15N3O2. The number of aliphatic hydroxyl groups excluding tert-OH is 1. The van der Waals surface area contributed by atoms with Crippen LogP contribution < -0.4 is 4.74 Å². The minimum absolute atomic E-state index is 0.0957. The molecular weight excluding hydrogens is 218 g/mol. The first-order valence-electron chi connectivity index (χ1n) is 5.46. The first kappa shape index (κ1) is 11.6. The summed E-state index contributed by atoms with van der Waals surface area (Å²) in [5.41, 5.74) is 0.657. The zero-order chi connectivity index (χ0) is 12.3. The summed E-state index contributed by atoms with van der Waals surface area (Å²) in [7, 11) is 0. The zero-order valence-corrected chi connectivity index (χ0v) is 9.87. The lowest BCUT2D eigenvalue weighted by Gasteiger charge is -2.07. The molecule has 0 radical (unpaired) electrons. The van der Waals surface area contributed by atoms with Crippen LogP contribution in [0.2, 0.25) is 0 Å². The van der Waals surface area contributed by atoms with Crippen LogP contribution in [0.25, 0.3) is 0 Å². The monoisotopic (exact) mass is 233 g/mol. The number of aliphatic hydroxyl groups is 1. The Morgan fingerprint density at radius 1 is 1.41 bits per heavy atom. The van der Waals surface area contributed by atoms with Gasteiger partial charge in [-0.15, -0.1) is 0 Å². The average Bonchev–Trinajstić information content (AvgIpc) is 2.78. The van der Waals surface area contributed by atoms with Crippen LogP contribution in [-0.2, 0) is 6.61 Å². The summed E-state index contributed by atoms with van der Waals surface area (Å²) in [5, 5.41) is 13.3. The molecule has 0 amide bonds. The third-order valence-electron chi connectivity index (χ3n) is 2.36. The van der Waals surface area contributed by atoms with Crippen LogP contribution in [0, 0.1) is 0 Å². The standard InChI is InChI=1S/C12H15N3O2/c1-9(2)15-7-11(6-14-15)17-12-3-4-13-5-10(12)8-16/h3-7,9,16H,8H2,1-2H3. The van der Waals surface area contributed by atoms with Gasteiger partial charge in [0.2, 0.25) is 0 Å². The third-order valence-corrected chi connectivity index (χ3v) is 2.36. The molecule has 0 unspecified atom stereocenters. The van der Waals surface area contributed by atoms with Crippen molar-refractivity contribution in [2.24, 2.45) is 0 Å². The van der Waals surface area contributed by atoms with Gasteiger partial charge >= 0.3 is 0 Å². The van der Waals surface area contributed by atoms with E-state index in [2.05, 4.69) is 10.1 Å². The van der Waals surface area contributed by atoms with Crippen LogP contribution in [0.3, 0.4) is 0 Å². The van der Waals surface area contributed by atoms with Crippen LogP contribution in [0.1, 0.15) is 25.5 Å². The van der Waals surface area contributed by atoms with Crippen molar-refractivity contribution in [3.63, 3.8) is 0 Å². The number of rotatable bonds is 4. The van der Waals surface area contributed by atoms with Crippen LogP contribution >= 0.6 is 0 Å². The Morgan fingerprint density at radius 2 is 2.24 bits per heavy atom. The number of hydrogen-bond acceptors (Lipinski definition) is 4. The predicted molar refractivity (Wildman–Crippen MR) is 62.8 cm³/mol. The van der Waals surface area contributed by atoms with E-state index in [-0.39, 0.29) is 6.61 Å². The van der Waals surface area contributed by atoms with Crippen LogP contribution in [-0.4, -0.2) is 19.9 Å². The molecule has 0 saturated carbocycles. The highest BCUT2D eigenvalue weighted by Crippen LogP contribution is 2.24. The molecule has 90 valence electrons. The summed E-state index contributed by atoms with van der Waals surface area (Å²) in [5.74, 6) is 1.26. The molecule has 0 atom stereocenters. The first-order valence-corrected chi connectivity index (χ1v) is 5.46. The highest BCUT2D eigenvalue weighted by molar-refractivity contribution is 5.33. The van der Waals surface area contributed by atoms with E-state index in [9.17, 15) is 0 Å². The fourth-order valence-corrected chi connectivity index (χ4v) is 1.42. The second-order valence-electron chi connectivity index (χ2n) is 3.99. The molecule has 0 aliphatic carbocycles. The van der Waals surface area contributed by atoms with E-state index in [1.165, 1.54) is 0 Å². The molecule has 2 rings (SSSR count).